The Morgan fingerprint density at radius 3 is 2.82 bits per heavy atom. The number of carboxylic acids is 1. The van der Waals surface area contributed by atoms with Gasteiger partial charge in [0.1, 0.15) is 11.8 Å². The lowest BCUT2D eigenvalue weighted by Gasteiger charge is -2.25. The number of carboxylic acid groups (broad SMARTS) is 1. The van der Waals surface area contributed by atoms with Gasteiger partial charge in [0.2, 0.25) is 0 Å². The SMILES string of the molecule is COc1cccc2c1NC(C(=O)O)CS2(=O)=O. The van der Waals surface area contributed by atoms with Crippen molar-refractivity contribution in [2.24, 2.45) is 0 Å². The third kappa shape index (κ3) is 1.93. The first-order chi connectivity index (χ1) is 7.95. The largest absolute Gasteiger partial charge is 0.495 e. The van der Waals surface area contributed by atoms with Crippen molar-refractivity contribution in [3.05, 3.63) is 18.2 Å². The Bertz CT molecular complexity index is 566. The highest BCUT2D eigenvalue weighted by Crippen LogP contribution is 2.36. The van der Waals surface area contributed by atoms with Crippen LogP contribution in [0.4, 0.5) is 5.69 Å². The van der Waals surface area contributed by atoms with E-state index in [1.54, 1.807) is 12.1 Å². The number of carbonyl (C=O) groups is 1. The van der Waals surface area contributed by atoms with E-state index in [1.807, 2.05) is 0 Å². The fourth-order valence-corrected chi connectivity index (χ4v) is 3.34. The zero-order valence-corrected chi connectivity index (χ0v) is 9.82. The van der Waals surface area contributed by atoms with Crippen LogP contribution < -0.4 is 10.1 Å². The van der Waals surface area contributed by atoms with E-state index in [2.05, 4.69) is 5.32 Å². The van der Waals surface area contributed by atoms with Crippen LogP contribution in [0.15, 0.2) is 23.1 Å². The summed E-state index contributed by atoms with van der Waals surface area (Å²) in [4.78, 5) is 11.0. The molecule has 1 atom stereocenters. The Hall–Kier alpha value is -1.76. The molecule has 0 aliphatic carbocycles. The number of hydrogen-bond donors (Lipinski definition) is 2. The summed E-state index contributed by atoms with van der Waals surface area (Å²) in [6.07, 6.45) is 0. The van der Waals surface area contributed by atoms with Crippen LogP contribution in [0.1, 0.15) is 0 Å². The standard InChI is InChI=1S/C10H11NO5S/c1-16-7-3-2-4-8-9(7)11-6(10(12)13)5-17(8,14)15/h2-4,6,11H,5H2,1H3,(H,12,13). The number of nitrogens with one attached hydrogen (secondary N) is 1. The Labute approximate surface area is 98.1 Å². The fraction of sp³-hybridized carbons (Fsp3) is 0.300. The van der Waals surface area contributed by atoms with Gasteiger partial charge in [-0.25, -0.2) is 13.2 Å². The number of methoxy groups -OCH3 is 1. The molecule has 1 heterocycles. The third-order valence-corrected chi connectivity index (χ3v) is 4.33. The monoisotopic (exact) mass is 257 g/mol. The van der Waals surface area contributed by atoms with Gasteiger partial charge >= 0.3 is 5.97 Å². The first-order valence-corrected chi connectivity index (χ1v) is 6.50. The number of para-hydroxylation sites is 1. The van der Waals surface area contributed by atoms with E-state index >= 15 is 0 Å². The molecule has 2 N–H and O–H groups in total. The van der Waals surface area contributed by atoms with Gasteiger partial charge in [-0.1, -0.05) is 6.07 Å². The van der Waals surface area contributed by atoms with Crippen molar-refractivity contribution in [1.82, 2.24) is 0 Å². The molecule has 0 bridgehead atoms. The number of aliphatic carboxylic acids is 1. The van der Waals surface area contributed by atoms with E-state index in [1.165, 1.54) is 13.2 Å². The second-order valence-electron chi connectivity index (χ2n) is 3.65. The molecule has 0 aromatic heterocycles. The molecule has 7 heteroatoms. The van der Waals surface area contributed by atoms with Crippen molar-refractivity contribution in [2.75, 3.05) is 18.2 Å². The highest BCUT2D eigenvalue weighted by atomic mass is 32.2. The summed E-state index contributed by atoms with van der Waals surface area (Å²) < 4.78 is 28.8. The number of rotatable bonds is 2. The molecular formula is C10H11NO5S. The molecular weight excluding hydrogens is 246 g/mol. The summed E-state index contributed by atoms with van der Waals surface area (Å²) in [6, 6.07) is 3.41. The number of benzene rings is 1. The molecule has 0 saturated carbocycles. The molecule has 0 spiro atoms. The molecule has 0 radical (unpaired) electrons. The van der Waals surface area contributed by atoms with Crippen LogP contribution in [-0.4, -0.2) is 38.4 Å². The van der Waals surface area contributed by atoms with Crippen LogP contribution in [0.3, 0.4) is 0 Å². The minimum absolute atomic E-state index is 0.0781. The van der Waals surface area contributed by atoms with Crippen molar-refractivity contribution >= 4 is 21.5 Å². The van der Waals surface area contributed by atoms with Gasteiger partial charge in [-0.3, -0.25) is 0 Å². The molecule has 1 aliphatic heterocycles. The maximum Gasteiger partial charge on any atom is 0.327 e. The van der Waals surface area contributed by atoms with Crippen LogP contribution in [0, 0.1) is 0 Å². The normalized spacial score (nSPS) is 21.1. The Kier molecular flexibility index (Phi) is 2.70. The molecule has 2 rings (SSSR count). The maximum absolute atomic E-state index is 11.9. The first kappa shape index (κ1) is 11.7. The van der Waals surface area contributed by atoms with Gasteiger partial charge in [-0.05, 0) is 12.1 Å². The molecule has 1 aromatic carbocycles. The molecule has 0 amide bonds. The predicted octanol–water partition coefficient (Wildman–Crippen LogP) is 0.348. The Balaban J connectivity index is 2.61. The van der Waals surface area contributed by atoms with E-state index in [0.29, 0.717) is 5.75 Å². The van der Waals surface area contributed by atoms with Crippen molar-refractivity contribution < 1.29 is 23.1 Å². The van der Waals surface area contributed by atoms with E-state index in [9.17, 15) is 13.2 Å². The van der Waals surface area contributed by atoms with Crippen LogP contribution in [0.5, 0.6) is 5.75 Å². The van der Waals surface area contributed by atoms with Crippen molar-refractivity contribution in [3.63, 3.8) is 0 Å². The Morgan fingerprint density at radius 2 is 2.24 bits per heavy atom. The van der Waals surface area contributed by atoms with Gasteiger partial charge in [0.25, 0.3) is 0 Å². The minimum Gasteiger partial charge on any atom is -0.495 e. The minimum atomic E-state index is -3.59. The van der Waals surface area contributed by atoms with Crippen molar-refractivity contribution in [3.8, 4) is 5.75 Å². The summed E-state index contributed by atoms with van der Waals surface area (Å²) in [7, 11) is -2.20. The van der Waals surface area contributed by atoms with Crippen LogP contribution in [0.25, 0.3) is 0 Å². The smallest absolute Gasteiger partial charge is 0.327 e. The molecule has 1 aromatic rings. The van der Waals surface area contributed by atoms with Gasteiger partial charge in [-0.15, -0.1) is 0 Å². The lowest BCUT2D eigenvalue weighted by Crippen LogP contribution is -2.40. The highest BCUT2D eigenvalue weighted by Gasteiger charge is 2.35. The molecule has 0 fully saturated rings. The molecule has 1 aliphatic rings. The van der Waals surface area contributed by atoms with E-state index < -0.39 is 27.6 Å². The van der Waals surface area contributed by atoms with Crippen molar-refractivity contribution in [1.29, 1.82) is 0 Å². The van der Waals surface area contributed by atoms with Crippen LogP contribution >= 0.6 is 0 Å². The second kappa shape index (κ2) is 3.92. The van der Waals surface area contributed by atoms with Crippen molar-refractivity contribution in [2.45, 2.75) is 10.9 Å². The molecule has 17 heavy (non-hydrogen) atoms. The zero-order chi connectivity index (χ0) is 12.6. The summed E-state index contributed by atoms with van der Waals surface area (Å²) >= 11 is 0. The van der Waals surface area contributed by atoms with Gasteiger partial charge in [0, 0.05) is 0 Å². The second-order valence-corrected chi connectivity index (χ2v) is 5.65. The molecule has 0 saturated heterocycles. The number of ether oxygens (including phenoxy) is 1. The topological polar surface area (TPSA) is 92.7 Å². The lowest BCUT2D eigenvalue weighted by molar-refractivity contribution is -0.137. The average Bonchev–Trinajstić information content (AvgIpc) is 2.27. The van der Waals surface area contributed by atoms with E-state index in [-0.39, 0.29) is 10.6 Å². The highest BCUT2D eigenvalue weighted by molar-refractivity contribution is 7.91. The number of fused-ring (bicyclic) bond motifs is 1. The summed E-state index contributed by atoms with van der Waals surface area (Å²) in [5.41, 5.74) is 0.216. The van der Waals surface area contributed by atoms with Crippen LogP contribution in [0.2, 0.25) is 0 Å². The van der Waals surface area contributed by atoms with Gasteiger partial charge < -0.3 is 15.2 Å². The first-order valence-electron chi connectivity index (χ1n) is 4.85. The Morgan fingerprint density at radius 1 is 1.53 bits per heavy atom. The maximum atomic E-state index is 11.9. The number of hydrogen-bond acceptors (Lipinski definition) is 5. The zero-order valence-electron chi connectivity index (χ0n) is 9.00. The van der Waals surface area contributed by atoms with Crippen LogP contribution in [-0.2, 0) is 14.6 Å². The molecule has 1 unspecified atom stereocenters. The van der Waals surface area contributed by atoms with E-state index in [0.717, 1.165) is 0 Å². The number of anilines is 1. The van der Waals surface area contributed by atoms with Gasteiger partial charge in [0.05, 0.1) is 23.4 Å². The molecule has 6 nitrogen and oxygen atoms in total. The third-order valence-electron chi connectivity index (χ3n) is 2.55. The van der Waals surface area contributed by atoms with Gasteiger partial charge in [0.15, 0.2) is 9.84 Å². The fourth-order valence-electron chi connectivity index (χ4n) is 1.74. The van der Waals surface area contributed by atoms with Gasteiger partial charge in [-0.2, -0.15) is 0 Å². The summed E-state index contributed by atoms with van der Waals surface area (Å²) in [6.45, 7) is 0. The average molecular weight is 257 g/mol. The number of sulfone groups is 1. The predicted molar refractivity (Wildman–Crippen MR) is 60.1 cm³/mol. The molecule has 92 valence electrons. The lowest BCUT2D eigenvalue weighted by atomic mass is 10.2. The summed E-state index contributed by atoms with van der Waals surface area (Å²) in [5, 5.41) is 11.6. The summed E-state index contributed by atoms with van der Waals surface area (Å²) in [5.74, 6) is -1.34. The quantitative estimate of drug-likeness (QED) is 0.794. The van der Waals surface area contributed by atoms with E-state index in [4.69, 9.17) is 9.84 Å².